The fraction of sp³-hybridized carbons (Fsp3) is 0.250. The van der Waals surface area contributed by atoms with Gasteiger partial charge in [0.05, 0.1) is 6.54 Å². The zero-order valence-corrected chi connectivity index (χ0v) is 6.40. The highest BCUT2D eigenvalue weighted by atomic mass is 16.4. The highest BCUT2D eigenvalue weighted by Gasteiger charge is 2.24. The number of allylic oxidation sites excluding steroid dienone is 2. The van der Waals surface area contributed by atoms with E-state index in [0.717, 1.165) is 5.84 Å². The summed E-state index contributed by atoms with van der Waals surface area (Å²) in [6.45, 7) is 1.36. The Labute approximate surface area is 69.5 Å². The van der Waals surface area contributed by atoms with Crippen LogP contribution >= 0.6 is 0 Å². The van der Waals surface area contributed by atoms with Gasteiger partial charge in [-0.25, -0.2) is 4.79 Å². The van der Waals surface area contributed by atoms with Gasteiger partial charge in [0.2, 0.25) is 0 Å². The second kappa shape index (κ2) is 2.48. The molecule has 0 bridgehead atoms. The van der Waals surface area contributed by atoms with Crippen LogP contribution in [0.1, 0.15) is 0 Å². The number of carbonyl (C=O) groups is 1. The zero-order valence-electron chi connectivity index (χ0n) is 6.40. The molecule has 12 heavy (non-hydrogen) atoms. The van der Waals surface area contributed by atoms with Gasteiger partial charge >= 0.3 is 5.97 Å². The molecular weight excluding hydrogens is 156 g/mol. The first-order valence-electron chi connectivity index (χ1n) is 3.73. The third kappa shape index (κ3) is 0.922. The van der Waals surface area contributed by atoms with E-state index in [1.54, 1.807) is 17.1 Å². The predicted molar refractivity (Wildman–Crippen MR) is 43.9 cm³/mol. The summed E-state index contributed by atoms with van der Waals surface area (Å²) in [5, 5.41) is 8.79. The van der Waals surface area contributed by atoms with Crippen molar-refractivity contribution in [1.29, 1.82) is 0 Å². The maximum atomic E-state index is 10.7. The lowest BCUT2D eigenvalue weighted by Gasteiger charge is -2.20. The van der Waals surface area contributed by atoms with E-state index >= 15 is 0 Å². The van der Waals surface area contributed by atoms with Gasteiger partial charge in [0.1, 0.15) is 11.5 Å². The lowest BCUT2D eigenvalue weighted by Crippen LogP contribution is -2.31. The molecule has 0 atom stereocenters. The van der Waals surface area contributed by atoms with Crippen molar-refractivity contribution in [2.75, 3.05) is 13.1 Å². The number of nitrogens with zero attached hydrogens (tertiary/aromatic N) is 2. The standard InChI is InChI=1S/C8H8N2O2/c11-8(12)6-2-1-3-7-9-4-5-10(6)7/h1-3H,4-5H2,(H,11,12). The summed E-state index contributed by atoms with van der Waals surface area (Å²) in [7, 11) is 0. The number of carboxylic acids is 1. The van der Waals surface area contributed by atoms with Crippen molar-refractivity contribution in [3.8, 4) is 0 Å². The summed E-state index contributed by atoms with van der Waals surface area (Å²) in [6, 6.07) is 0. The van der Waals surface area contributed by atoms with Crippen molar-refractivity contribution < 1.29 is 9.90 Å². The Morgan fingerprint density at radius 3 is 3.25 bits per heavy atom. The second-order valence-electron chi connectivity index (χ2n) is 2.61. The summed E-state index contributed by atoms with van der Waals surface area (Å²) in [5.74, 6) is -0.135. The van der Waals surface area contributed by atoms with E-state index in [-0.39, 0.29) is 0 Å². The molecule has 1 N–H and O–H groups in total. The number of hydrogen-bond acceptors (Lipinski definition) is 3. The molecule has 0 spiro atoms. The Morgan fingerprint density at radius 2 is 2.50 bits per heavy atom. The first-order valence-corrected chi connectivity index (χ1v) is 3.73. The van der Waals surface area contributed by atoms with Gasteiger partial charge in [0.25, 0.3) is 0 Å². The minimum absolute atomic E-state index is 0.314. The zero-order chi connectivity index (χ0) is 8.55. The molecule has 4 nitrogen and oxygen atoms in total. The summed E-state index contributed by atoms with van der Waals surface area (Å²) in [5.41, 5.74) is 0.314. The summed E-state index contributed by atoms with van der Waals surface area (Å²) >= 11 is 0. The molecule has 2 heterocycles. The molecule has 4 heteroatoms. The monoisotopic (exact) mass is 164 g/mol. The molecule has 0 saturated carbocycles. The quantitative estimate of drug-likeness (QED) is 0.604. The molecule has 0 unspecified atom stereocenters. The van der Waals surface area contributed by atoms with E-state index < -0.39 is 5.97 Å². The first-order chi connectivity index (χ1) is 5.79. The van der Waals surface area contributed by atoms with Gasteiger partial charge in [0, 0.05) is 6.54 Å². The van der Waals surface area contributed by atoms with Crippen LogP contribution in [0.3, 0.4) is 0 Å². The Kier molecular flexibility index (Phi) is 1.46. The van der Waals surface area contributed by atoms with E-state index in [1.807, 2.05) is 6.08 Å². The van der Waals surface area contributed by atoms with Crippen molar-refractivity contribution in [2.45, 2.75) is 0 Å². The Morgan fingerprint density at radius 1 is 1.67 bits per heavy atom. The van der Waals surface area contributed by atoms with E-state index in [0.29, 0.717) is 18.8 Å². The van der Waals surface area contributed by atoms with Gasteiger partial charge in [0.15, 0.2) is 0 Å². The van der Waals surface area contributed by atoms with Gasteiger partial charge in [-0.1, -0.05) is 6.08 Å². The summed E-state index contributed by atoms with van der Waals surface area (Å²) < 4.78 is 0. The smallest absolute Gasteiger partial charge is 0.352 e. The molecule has 0 aromatic carbocycles. The number of hydrogen-bond donors (Lipinski definition) is 1. The summed E-state index contributed by atoms with van der Waals surface area (Å²) in [6.07, 6.45) is 5.12. The fourth-order valence-corrected chi connectivity index (χ4v) is 1.35. The minimum Gasteiger partial charge on any atom is -0.477 e. The average Bonchev–Trinajstić information content (AvgIpc) is 2.49. The highest BCUT2D eigenvalue weighted by Crippen LogP contribution is 2.15. The van der Waals surface area contributed by atoms with Crippen LogP contribution in [0.25, 0.3) is 0 Å². The van der Waals surface area contributed by atoms with E-state index in [2.05, 4.69) is 4.99 Å². The number of fused-ring (bicyclic) bond motifs is 1. The van der Waals surface area contributed by atoms with Crippen LogP contribution in [0.4, 0.5) is 0 Å². The fourth-order valence-electron chi connectivity index (χ4n) is 1.35. The van der Waals surface area contributed by atoms with Crippen LogP contribution in [-0.4, -0.2) is 34.9 Å². The average molecular weight is 164 g/mol. The van der Waals surface area contributed by atoms with Gasteiger partial charge < -0.3 is 10.0 Å². The molecule has 0 aromatic rings. The molecule has 62 valence electrons. The van der Waals surface area contributed by atoms with Crippen molar-refractivity contribution in [3.63, 3.8) is 0 Å². The number of aliphatic imine (C=N–C) groups is 1. The first kappa shape index (κ1) is 7.09. The Bertz CT molecular complexity index is 315. The number of carboxylic acid groups (broad SMARTS) is 1. The lowest BCUT2D eigenvalue weighted by atomic mass is 10.2. The Balaban J connectivity index is 2.36. The molecule has 2 aliphatic heterocycles. The number of amidine groups is 1. The maximum Gasteiger partial charge on any atom is 0.352 e. The third-order valence-corrected chi connectivity index (χ3v) is 1.88. The van der Waals surface area contributed by atoms with Crippen LogP contribution in [0, 0.1) is 0 Å². The van der Waals surface area contributed by atoms with Crippen molar-refractivity contribution in [3.05, 3.63) is 23.9 Å². The molecule has 2 aliphatic rings. The van der Waals surface area contributed by atoms with Crippen LogP contribution in [0.5, 0.6) is 0 Å². The van der Waals surface area contributed by atoms with Crippen LogP contribution in [0.15, 0.2) is 28.9 Å². The molecule has 0 saturated heterocycles. The summed E-state index contributed by atoms with van der Waals surface area (Å²) in [4.78, 5) is 16.6. The van der Waals surface area contributed by atoms with Gasteiger partial charge in [-0.15, -0.1) is 0 Å². The molecule has 0 radical (unpaired) electrons. The van der Waals surface area contributed by atoms with E-state index in [9.17, 15) is 4.79 Å². The molecule has 2 rings (SSSR count). The van der Waals surface area contributed by atoms with Crippen molar-refractivity contribution in [2.24, 2.45) is 4.99 Å². The highest BCUT2D eigenvalue weighted by molar-refractivity contribution is 6.02. The molecular formula is C8H8N2O2. The normalized spacial score (nSPS) is 20.2. The third-order valence-electron chi connectivity index (χ3n) is 1.88. The lowest BCUT2D eigenvalue weighted by molar-refractivity contribution is -0.133. The molecule has 0 aromatic heterocycles. The SMILES string of the molecule is O=C(O)C1=CC=CC2=NCCN12. The molecule has 0 amide bonds. The number of aliphatic carboxylic acids is 1. The largest absolute Gasteiger partial charge is 0.477 e. The Hall–Kier alpha value is -1.58. The van der Waals surface area contributed by atoms with E-state index in [4.69, 9.17) is 5.11 Å². The minimum atomic E-state index is -0.894. The van der Waals surface area contributed by atoms with Crippen LogP contribution < -0.4 is 0 Å². The van der Waals surface area contributed by atoms with Crippen molar-refractivity contribution >= 4 is 11.8 Å². The van der Waals surface area contributed by atoms with Gasteiger partial charge in [-0.2, -0.15) is 0 Å². The number of rotatable bonds is 1. The molecule has 0 fully saturated rings. The second-order valence-corrected chi connectivity index (χ2v) is 2.61. The van der Waals surface area contributed by atoms with E-state index in [1.165, 1.54) is 0 Å². The molecule has 0 aliphatic carbocycles. The van der Waals surface area contributed by atoms with Gasteiger partial charge in [-0.05, 0) is 12.2 Å². The maximum absolute atomic E-state index is 10.7. The van der Waals surface area contributed by atoms with Gasteiger partial charge in [-0.3, -0.25) is 4.99 Å². The topological polar surface area (TPSA) is 52.9 Å². The predicted octanol–water partition coefficient (Wildman–Crippen LogP) is 0.239. The van der Waals surface area contributed by atoms with Crippen LogP contribution in [-0.2, 0) is 4.79 Å². The van der Waals surface area contributed by atoms with Crippen molar-refractivity contribution in [1.82, 2.24) is 4.90 Å². The van der Waals surface area contributed by atoms with Crippen LogP contribution in [0.2, 0.25) is 0 Å².